The standard InChI is InChI=1S/C25H29FN6O3/c1-17-15-31(12-11-30(17)2)22-8-7-19(14-21(22)26)28-24-27-10-9-23(29-24)32(25(33)34)16-18-5-4-6-20(13-18)35-3/h4-10,13-14,17H,11-12,15-16H2,1-3H3,(H,33,34)(H,27,28,29). The second-order valence-electron chi connectivity index (χ2n) is 8.53. The Morgan fingerprint density at radius 2 is 2.09 bits per heavy atom. The fourth-order valence-electron chi connectivity index (χ4n) is 4.00. The molecular formula is C25H29FN6O3. The van der Waals surface area contributed by atoms with Crippen LogP contribution in [-0.2, 0) is 6.54 Å². The maximum absolute atomic E-state index is 14.9. The lowest BCUT2D eigenvalue weighted by Gasteiger charge is -2.39. The number of rotatable bonds is 7. The van der Waals surface area contributed by atoms with Crippen molar-refractivity contribution in [1.82, 2.24) is 14.9 Å². The number of likely N-dealkylation sites (N-methyl/N-ethyl adjacent to an activating group) is 1. The Kier molecular flexibility index (Phi) is 7.31. The molecule has 1 aromatic heterocycles. The molecular weight excluding hydrogens is 451 g/mol. The molecule has 1 aliphatic rings. The van der Waals surface area contributed by atoms with Crippen LogP contribution in [0, 0.1) is 5.82 Å². The van der Waals surface area contributed by atoms with Gasteiger partial charge in [-0.2, -0.15) is 4.98 Å². The summed E-state index contributed by atoms with van der Waals surface area (Å²) >= 11 is 0. The Hall–Kier alpha value is -3.92. The highest BCUT2D eigenvalue weighted by atomic mass is 19.1. The maximum Gasteiger partial charge on any atom is 0.413 e. The molecule has 1 aliphatic heterocycles. The number of carboxylic acid groups (broad SMARTS) is 1. The van der Waals surface area contributed by atoms with Crippen molar-refractivity contribution in [1.29, 1.82) is 0 Å². The molecule has 4 rings (SSSR count). The number of hydrogen-bond donors (Lipinski definition) is 2. The molecule has 0 aliphatic carbocycles. The lowest BCUT2D eigenvalue weighted by Crippen LogP contribution is -2.50. The average Bonchev–Trinajstić information content (AvgIpc) is 2.84. The quantitative estimate of drug-likeness (QED) is 0.520. The highest BCUT2D eigenvalue weighted by molar-refractivity contribution is 5.84. The van der Waals surface area contributed by atoms with E-state index in [0.717, 1.165) is 30.1 Å². The van der Waals surface area contributed by atoms with Crippen LogP contribution < -0.4 is 19.9 Å². The third kappa shape index (κ3) is 5.78. The number of methoxy groups -OCH3 is 1. The number of nitrogens with one attached hydrogen (secondary N) is 1. The largest absolute Gasteiger partial charge is 0.497 e. The molecule has 3 aromatic rings. The highest BCUT2D eigenvalue weighted by Gasteiger charge is 2.23. The van der Waals surface area contributed by atoms with Gasteiger partial charge in [-0.3, -0.25) is 4.90 Å². The topological polar surface area (TPSA) is 94.1 Å². The maximum atomic E-state index is 14.9. The van der Waals surface area contributed by atoms with Crippen LogP contribution in [-0.4, -0.2) is 65.9 Å². The van der Waals surface area contributed by atoms with Crippen LogP contribution in [0.25, 0.3) is 0 Å². The van der Waals surface area contributed by atoms with E-state index < -0.39 is 6.09 Å². The molecule has 10 heteroatoms. The first-order valence-electron chi connectivity index (χ1n) is 11.3. The summed E-state index contributed by atoms with van der Waals surface area (Å²) in [4.78, 5) is 25.9. The van der Waals surface area contributed by atoms with Crippen molar-refractivity contribution in [3.8, 4) is 5.75 Å². The number of anilines is 4. The molecule has 0 saturated carbocycles. The number of ether oxygens (including phenoxy) is 1. The van der Waals surface area contributed by atoms with Crippen molar-refractivity contribution < 1.29 is 19.0 Å². The van der Waals surface area contributed by atoms with Gasteiger partial charge in [-0.15, -0.1) is 0 Å². The van der Waals surface area contributed by atoms with E-state index in [1.54, 1.807) is 37.4 Å². The summed E-state index contributed by atoms with van der Waals surface area (Å²) in [5.41, 5.74) is 1.77. The Bertz CT molecular complexity index is 1190. The summed E-state index contributed by atoms with van der Waals surface area (Å²) in [6, 6.07) is 13.9. The second kappa shape index (κ2) is 10.6. The molecule has 1 amide bonds. The van der Waals surface area contributed by atoms with E-state index in [1.807, 2.05) is 11.0 Å². The van der Waals surface area contributed by atoms with E-state index in [0.29, 0.717) is 23.2 Å². The summed E-state index contributed by atoms with van der Waals surface area (Å²) in [5.74, 6) is 0.656. The molecule has 2 heterocycles. The SMILES string of the molecule is COc1cccc(CN(C(=O)O)c2ccnc(Nc3ccc(N4CCN(C)C(C)C4)c(F)c3)n2)c1. The van der Waals surface area contributed by atoms with Gasteiger partial charge in [-0.05, 0) is 55.9 Å². The van der Waals surface area contributed by atoms with Gasteiger partial charge in [-0.1, -0.05) is 12.1 Å². The highest BCUT2D eigenvalue weighted by Crippen LogP contribution is 2.27. The molecule has 35 heavy (non-hydrogen) atoms. The number of benzene rings is 2. The average molecular weight is 481 g/mol. The van der Waals surface area contributed by atoms with Crippen molar-refractivity contribution in [3.63, 3.8) is 0 Å². The van der Waals surface area contributed by atoms with Crippen molar-refractivity contribution in [2.24, 2.45) is 0 Å². The van der Waals surface area contributed by atoms with Gasteiger partial charge < -0.3 is 25.0 Å². The van der Waals surface area contributed by atoms with Crippen molar-refractivity contribution >= 4 is 29.2 Å². The minimum atomic E-state index is -1.16. The van der Waals surface area contributed by atoms with E-state index in [2.05, 4.69) is 34.2 Å². The summed E-state index contributed by atoms with van der Waals surface area (Å²) in [6.07, 6.45) is 0.303. The Morgan fingerprint density at radius 3 is 2.80 bits per heavy atom. The predicted octanol–water partition coefficient (Wildman–Crippen LogP) is 4.19. The number of halogens is 1. The van der Waals surface area contributed by atoms with Gasteiger partial charge in [0, 0.05) is 37.6 Å². The first-order chi connectivity index (χ1) is 16.8. The van der Waals surface area contributed by atoms with Crippen molar-refractivity contribution in [2.75, 3.05) is 48.9 Å². The van der Waals surface area contributed by atoms with Crippen molar-refractivity contribution in [3.05, 3.63) is 66.1 Å². The van der Waals surface area contributed by atoms with Gasteiger partial charge in [0.05, 0.1) is 19.3 Å². The fraction of sp³-hybridized carbons (Fsp3) is 0.320. The summed E-state index contributed by atoms with van der Waals surface area (Å²) in [5, 5.41) is 12.8. The van der Waals surface area contributed by atoms with Crippen molar-refractivity contribution in [2.45, 2.75) is 19.5 Å². The van der Waals surface area contributed by atoms with E-state index in [-0.39, 0.29) is 24.1 Å². The summed E-state index contributed by atoms with van der Waals surface area (Å²) in [7, 11) is 3.62. The van der Waals surface area contributed by atoms with E-state index in [9.17, 15) is 14.3 Å². The summed E-state index contributed by atoms with van der Waals surface area (Å²) in [6.45, 7) is 4.59. The van der Waals surface area contributed by atoms with E-state index in [1.165, 1.54) is 18.3 Å². The Balaban J connectivity index is 1.50. The zero-order valence-electron chi connectivity index (χ0n) is 20.0. The minimum Gasteiger partial charge on any atom is -0.497 e. The van der Waals surface area contributed by atoms with Gasteiger partial charge in [0.2, 0.25) is 5.95 Å². The van der Waals surface area contributed by atoms with Gasteiger partial charge in [-0.25, -0.2) is 14.2 Å². The minimum absolute atomic E-state index is 0.0791. The molecule has 1 unspecified atom stereocenters. The smallest absolute Gasteiger partial charge is 0.413 e. The zero-order chi connectivity index (χ0) is 24.9. The number of amides is 1. The van der Waals surface area contributed by atoms with Crippen LogP contribution in [0.4, 0.5) is 32.3 Å². The first kappa shape index (κ1) is 24.2. The number of carbonyl (C=O) groups is 1. The molecule has 2 aromatic carbocycles. The monoisotopic (exact) mass is 480 g/mol. The van der Waals surface area contributed by atoms with Gasteiger partial charge in [0.25, 0.3) is 0 Å². The van der Waals surface area contributed by atoms with E-state index >= 15 is 0 Å². The third-order valence-corrected chi connectivity index (χ3v) is 6.13. The van der Waals surface area contributed by atoms with Crippen LogP contribution in [0.1, 0.15) is 12.5 Å². The molecule has 1 fully saturated rings. The predicted molar refractivity (Wildman–Crippen MR) is 133 cm³/mol. The zero-order valence-corrected chi connectivity index (χ0v) is 20.0. The third-order valence-electron chi connectivity index (χ3n) is 6.13. The molecule has 1 atom stereocenters. The molecule has 0 radical (unpaired) electrons. The van der Waals surface area contributed by atoms with Crippen LogP contribution >= 0.6 is 0 Å². The first-order valence-corrected chi connectivity index (χ1v) is 11.3. The van der Waals surface area contributed by atoms with Crippen LogP contribution in [0.15, 0.2) is 54.7 Å². The van der Waals surface area contributed by atoms with Crippen LogP contribution in [0.3, 0.4) is 0 Å². The molecule has 0 spiro atoms. The summed E-state index contributed by atoms with van der Waals surface area (Å²) < 4.78 is 20.2. The fourth-order valence-corrected chi connectivity index (χ4v) is 4.00. The van der Waals surface area contributed by atoms with Crippen LogP contribution in [0.2, 0.25) is 0 Å². The Morgan fingerprint density at radius 1 is 1.26 bits per heavy atom. The van der Waals surface area contributed by atoms with E-state index in [4.69, 9.17) is 4.74 Å². The molecule has 9 nitrogen and oxygen atoms in total. The van der Waals surface area contributed by atoms with Gasteiger partial charge in [0.15, 0.2) is 0 Å². The Labute approximate surface area is 203 Å². The lowest BCUT2D eigenvalue weighted by molar-refractivity contribution is 0.201. The molecule has 1 saturated heterocycles. The molecule has 2 N–H and O–H groups in total. The molecule has 0 bridgehead atoms. The number of aromatic nitrogens is 2. The normalized spacial score (nSPS) is 16.1. The van der Waals surface area contributed by atoms with Crippen LogP contribution in [0.5, 0.6) is 5.75 Å². The van der Waals surface area contributed by atoms with Gasteiger partial charge in [0.1, 0.15) is 17.4 Å². The number of piperazine rings is 1. The number of hydrogen-bond acceptors (Lipinski definition) is 7. The molecule has 184 valence electrons. The van der Waals surface area contributed by atoms with Gasteiger partial charge >= 0.3 is 6.09 Å². The second-order valence-corrected chi connectivity index (χ2v) is 8.53. The lowest BCUT2D eigenvalue weighted by atomic mass is 10.1. The number of nitrogens with zero attached hydrogens (tertiary/aromatic N) is 5.